The van der Waals surface area contributed by atoms with Crippen molar-refractivity contribution >= 4 is 27.6 Å². The van der Waals surface area contributed by atoms with E-state index in [1.54, 1.807) is 19.1 Å². The minimum Gasteiger partial charge on any atom is -0.456 e. The fourth-order valence-electron chi connectivity index (χ4n) is 1.90. The molecule has 0 aliphatic carbocycles. The monoisotopic (exact) mass is 356 g/mol. The number of carbonyl (C=O) groups is 2. The van der Waals surface area contributed by atoms with Crippen molar-refractivity contribution in [2.75, 3.05) is 19.0 Å². The van der Waals surface area contributed by atoms with E-state index in [4.69, 9.17) is 4.74 Å². The molecule has 0 aliphatic heterocycles. The van der Waals surface area contributed by atoms with Crippen molar-refractivity contribution in [2.45, 2.75) is 38.5 Å². The summed E-state index contributed by atoms with van der Waals surface area (Å²) >= 11 is 0. The topological polar surface area (TPSA) is 102 Å². The number of hydrogen-bond donors (Lipinski definition) is 2. The third kappa shape index (κ3) is 6.29. The summed E-state index contributed by atoms with van der Waals surface area (Å²) in [5.41, 5.74) is 0.875. The van der Waals surface area contributed by atoms with Gasteiger partial charge in [0, 0.05) is 12.1 Å². The second kappa shape index (κ2) is 8.79. The van der Waals surface area contributed by atoms with E-state index in [1.165, 1.54) is 13.1 Å². The highest BCUT2D eigenvalue weighted by molar-refractivity contribution is 7.89. The highest BCUT2D eigenvalue weighted by Crippen LogP contribution is 2.19. The van der Waals surface area contributed by atoms with Crippen molar-refractivity contribution in [3.8, 4) is 0 Å². The van der Waals surface area contributed by atoms with Crippen LogP contribution in [0.25, 0.3) is 0 Å². The summed E-state index contributed by atoms with van der Waals surface area (Å²) in [6.07, 6.45) is 0.962. The van der Waals surface area contributed by atoms with Crippen LogP contribution in [0.2, 0.25) is 0 Å². The Morgan fingerprint density at radius 3 is 2.50 bits per heavy atom. The Balaban J connectivity index is 2.65. The lowest BCUT2D eigenvalue weighted by atomic mass is 10.1. The molecule has 0 fully saturated rings. The van der Waals surface area contributed by atoms with Crippen LogP contribution in [-0.2, 0) is 24.3 Å². The Labute approximate surface area is 142 Å². The summed E-state index contributed by atoms with van der Waals surface area (Å²) in [5.74, 6) is -0.572. The molecule has 7 nitrogen and oxygen atoms in total. The first-order valence-electron chi connectivity index (χ1n) is 7.65. The Kier molecular flexibility index (Phi) is 7.37. The molecule has 0 aliphatic rings. The zero-order chi connectivity index (χ0) is 18.3. The number of nitrogens with one attached hydrogen (secondary N) is 2. The molecule has 1 aromatic carbocycles. The van der Waals surface area contributed by atoms with Crippen LogP contribution in [0.1, 0.15) is 32.3 Å². The zero-order valence-electron chi connectivity index (χ0n) is 14.4. The van der Waals surface area contributed by atoms with Gasteiger partial charge in [-0.1, -0.05) is 19.9 Å². The number of esters is 1. The van der Waals surface area contributed by atoms with E-state index in [1.807, 2.05) is 13.8 Å². The van der Waals surface area contributed by atoms with Crippen LogP contribution >= 0.6 is 0 Å². The second-order valence-electron chi connectivity index (χ2n) is 5.83. The van der Waals surface area contributed by atoms with Crippen molar-refractivity contribution in [1.82, 2.24) is 4.72 Å². The van der Waals surface area contributed by atoms with Crippen LogP contribution in [0.4, 0.5) is 5.69 Å². The van der Waals surface area contributed by atoms with Gasteiger partial charge in [-0.2, -0.15) is 0 Å². The van der Waals surface area contributed by atoms with Gasteiger partial charge in [0.15, 0.2) is 6.61 Å². The van der Waals surface area contributed by atoms with Gasteiger partial charge in [0.25, 0.3) is 5.91 Å². The molecule has 0 spiro atoms. The van der Waals surface area contributed by atoms with Gasteiger partial charge in [0.1, 0.15) is 0 Å². The number of benzene rings is 1. The van der Waals surface area contributed by atoms with Crippen LogP contribution in [0.3, 0.4) is 0 Å². The number of aryl methyl sites for hydroxylation is 1. The lowest BCUT2D eigenvalue weighted by Gasteiger charge is -2.11. The second-order valence-corrected chi connectivity index (χ2v) is 7.68. The highest BCUT2D eigenvalue weighted by Gasteiger charge is 2.16. The van der Waals surface area contributed by atoms with Gasteiger partial charge in [-0.3, -0.25) is 9.59 Å². The first kappa shape index (κ1) is 20.1. The maximum atomic E-state index is 11.9. The standard InChI is InChI=1S/C16H24N2O5S/c1-11(2)5-8-16(20)23-10-15(19)18-13-7-6-12(3)14(9-13)24(21,22)17-4/h6-7,9,11,17H,5,8,10H2,1-4H3,(H,18,19). The molecule has 0 unspecified atom stereocenters. The Morgan fingerprint density at radius 1 is 1.25 bits per heavy atom. The third-order valence-electron chi connectivity index (χ3n) is 3.32. The van der Waals surface area contributed by atoms with E-state index in [2.05, 4.69) is 10.0 Å². The molecule has 8 heteroatoms. The molecule has 0 heterocycles. The molecular formula is C16H24N2O5S. The van der Waals surface area contributed by atoms with E-state index in [0.29, 0.717) is 23.6 Å². The van der Waals surface area contributed by atoms with Crippen molar-refractivity contribution in [3.05, 3.63) is 23.8 Å². The number of anilines is 1. The molecule has 1 rings (SSSR count). The summed E-state index contributed by atoms with van der Waals surface area (Å²) < 4.78 is 30.9. The minimum atomic E-state index is -3.62. The number of ether oxygens (including phenoxy) is 1. The molecule has 2 N–H and O–H groups in total. The van der Waals surface area contributed by atoms with Crippen LogP contribution in [0.5, 0.6) is 0 Å². The third-order valence-corrected chi connectivity index (χ3v) is 4.88. The predicted molar refractivity (Wildman–Crippen MR) is 91.1 cm³/mol. The van der Waals surface area contributed by atoms with E-state index in [-0.39, 0.29) is 11.3 Å². The van der Waals surface area contributed by atoms with Crippen molar-refractivity contribution < 1.29 is 22.7 Å². The van der Waals surface area contributed by atoms with E-state index in [0.717, 1.165) is 0 Å². The van der Waals surface area contributed by atoms with Crippen LogP contribution in [-0.4, -0.2) is 33.9 Å². The summed E-state index contributed by atoms with van der Waals surface area (Å²) in [5, 5.41) is 2.52. The van der Waals surface area contributed by atoms with Crippen molar-refractivity contribution in [2.24, 2.45) is 5.92 Å². The first-order valence-corrected chi connectivity index (χ1v) is 9.13. The molecule has 24 heavy (non-hydrogen) atoms. The fourth-order valence-corrected chi connectivity index (χ4v) is 2.89. The Bertz CT molecular complexity index is 698. The number of sulfonamides is 1. The number of carbonyl (C=O) groups excluding carboxylic acids is 2. The molecular weight excluding hydrogens is 332 g/mol. The molecule has 0 bridgehead atoms. The molecule has 0 radical (unpaired) electrons. The van der Waals surface area contributed by atoms with E-state index < -0.39 is 28.5 Å². The summed E-state index contributed by atoms with van der Waals surface area (Å²) in [4.78, 5) is 23.4. The molecule has 1 aromatic rings. The van der Waals surface area contributed by atoms with Gasteiger partial charge in [-0.15, -0.1) is 0 Å². The van der Waals surface area contributed by atoms with Gasteiger partial charge >= 0.3 is 5.97 Å². The first-order chi connectivity index (χ1) is 11.2. The predicted octanol–water partition coefficient (Wildman–Crippen LogP) is 1.82. The molecule has 134 valence electrons. The van der Waals surface area contributed by atoms with Crippen molar-refractivity contribution in [1.29, 1.82) is 0 Å². The molecule has 0 saturated carbocycles. The molecule has 1 amide bonds. The van der Waals surface area contributed by atoms with Gasteiger partial charge in [0.05, 0.1) is 4.90 Å². The lowest BCUT2D eigenvalue weighted by molar-refractivity contribution is -0.147. The molecule has 0 aromatic heterocycles. The van der Waals surface area contributed by atoms with E-state index >= 15 is 0 Å². The smallest absolute Gasteiger partial charge is 0.306 e. The number of hydrogen-bond acceptors (Lipinski definition) is 5. The SMILES string of the molecule is CNS(=O)(=O)c1cc(NC(=O)COC(=O)CCC(C)C)ccc1C. The summed E-state index contributed by atoms with van der Waals surface area (Å²) in [6.45, 7) is 5.24. The van der Waals surface area contributed by atoms with Gasteiger partial charge in [0.2, 0.25) is 10.0 Å². The largest absolute Gasteiger partial charge is 0.456 e. The quantitative estimate of drug-likeness (QED) is 0.692. The van der Waals surface area contributed by atoms with Crippen LogP contribution in [0.15, 0.2) is 23.1 Å². The molecule has 0 atom stereocenters. The zero-order valence-corrected chi connectivity index (χ0v) is 15.2. The van der Waals surface area contributed by atoms with E-state index in [9.17, 15) is 18.0 Å². The Hall–Kier alpha value is -1.93. The maximum absolute atomic E-state index is 11.9. The van der Waals surface area contributed by atoms with Crippen LogP contribution in [0, 0.1) is 12.8 Å². The number of amides is 1. The fraction of sp³-hybridized carbons (Fsp3) is 0.500. The minimum absolute atomic E-state index is 0.0803. The highest BCUT2D eigenvalue weighted by atomic mass is 32.2. The van der Waals surface area contributed by atoms with Crippen molar-refractivity contribution in [3.63, 3.8) is 0 Å². The number of rotatable bonds is 8. The Morgan fingerprint density at radius 2 is 1.92 bits per heavy atom. The van der Waals surface area contributed by atoms with Gasteiger partial charge in [-0.05, 0) is 44.0 Å². The van der Waals surface area contributed by atoms with Crippen LogP contribution < -0.4 is 10.0 Å². The maximum Gasteiger partial charge on any atom is 0.306 e. The molecule has 0 saturated heterocycles. The summed E-state index contributed by atoms with van der Waals surface area (Å²) in [7, 11) is -2.30. The summed E-state index contributed by atoms with van der Waals surface area (Å²) in [6, 6.07) is 4.54. The van der Waals surface area contributed by atoms with Gasteiger partial charge < -0.3 is 10.1 Å². The average Bonchev–Trinajstić information content (AvgIpc) is 2.52. The van der Waals surface area contributed by atoms with Gasteiger partial charge in [-0.25, -0.2) is 13.1 Å². The normalized spacial score (nSPS) is 11.4. The lowest BCUT2D eigenvalue weighted by Crippen LogP contribution is -2.22. The average molecular weight is 356 g/mol.